The summed E-state index contributed by atoms with van der Waals surface area (Å²) in [4.78, 5) is 13.6. The maximum atomic E-state index is 10.2. The van der Waals surface area contributed by atoms with Gasteiger partial charge in [-0.3, -0.25) is 4.98 Å². The van der Waals surface area contributed by atoms with Gasteiger partial charge in [0.2, 0.25) is 5.88 Å². The zero-order chi connectivity index (χ0) is 20.3. The topological polar surface area (TPSA) is 68.1 Å². The van der Waals surface area contributed by atoms with Crippen LogP contribution in [0.25, 0.3) is 0 Å². The van der Waals surface area contributed by atoms with E-state index < -0.39 is 5.60 Å². The fourth-order valence-corrected chi connectivity index (χ4v) is 3.80. The van der Waals surface area contributed by atoms with Crippen LogP contribution in [0.2, 0.25) is 0 Å². The summed E-state index contributed by atoms with van der Waals surface area (Å²) in [5.41, 5.74) is 2.80. The molecule has 2 aromatic rings. The molecule has 0 spiro atoms. The molecule has 0 amide bonds. The summed E-state index contributed by atoms with van der Waals surface area (Å²) in [5.74, 6) is 2.39. The molecule has 0 aliphatic heterocycles. The lowest BCUT2D eigenvalue weighted by molar-refractivity contribution is 0.0168. The smallest absolute Gasteiger partial charge is 0.220 e. The van der Waals surface area contributed by atoms with Crippen molar-refractivity contribution >= 4 is 0 Å². The second-order valence-corrected chi connectivity index (χ2v) is 8.79. The number of rotatable bonds is 6. The SMILES string of the molecule is Cc1ccc([C@@H](C)[C@H](C)COc2nc(C)ncc2C2CCC(C)(O)CC2)nc1. The quantitative estimate of drug-likeness (QED) is 0.782. The van der Waals surface area contributed by atoms with Crippen LogP contribution in [0.3, 0.4) is 0 Å². The highest BCUT2D eigenvalue weighted by Gasteiger charge is 2.31. The molecule has 1 aliphatic carbocycles. The van der Waals surface area contributed by atoms with Gasteiger partial charge in [0, 0.05) is 29.6 Å². The molecular weight excluding hydrogens is 350 g/mol. The number of hydrogen-bond acceptors (Lipinski definition) is 5. The van der Waals surface area contributed by atoms with Gasteiger partial charge in [-0.2, -0.15) is 4.98 Å². The summed E-state index contributed by atoms with van der Waals surface area (Å²) in [6.45, 7) is 10.8. The number of hydrogen-bond donors (Lipinski definition) is 1. The van der Waals surface area contributed by atoms with Crippen LogP contribution >= 0.6 is 0 Å². The molecule has 5 heteroatoms. The maximum Gasteiger partial charge on any atom is 0.220 e. The predicted octanol–water partition coefficient (Wildman–Crippen LogP) is 4.72. The first kappa shape index (κ1) is 20.7. The highest BCUT2D eigenvalue weighted by molar-refractivity contribution is 5.28. The van der Waals surface area contributed by atoms with Gasteiger partial charge in [0.05, 0.1) is 12.2 Å². The second kappa shape index (κ2) is 8.56. The van der Waals surface area contributed by atoms with Crippen LogP contribution in [0.1, 0.15) is 80.9 Å². The zero-order valence-electron chi connectivity index (χ0n) is 17.8. The standard InChI is InChI=1S/C23H33N3O2/c1-15-6-7-21(25-12-15)17(3)16(2)14-28-22-20(13-24-18(4)26-22)19-8-10-23(5,27)11-9-19/h6-7,12-13,16-17,19,27H,8-11,14H2,1-5H3/t16-,17+,19?,23?/m1/s1. The third-order valence-electron chi connectivity index (χ3n) is 6.14. The molecular formula is C23H33N3O2. The van der Waals surface area contributed by atoms with Crippen LogP contribution in [-0.2, 0) is 0 Å². The molecule has 0 aromatic carbocycles. The van der Waals surface area contributed by atoms with Crippen LogP contribution < -0.4 is 4.74 Å². The van der Waals surface area contributed by atoms with Gasteiger partial charge < -0.3 is 9.84 Å². The lowest BCUT2D eigenvalue weighted by atomic mass is 9.77. The molecule has 5 nitrogen and oxygen atoms in total. The van der Waals surface area contributed by atoms with E-state index in [1.165, 1.54) is 5.56 Å². The Morgan fingerprint density at radius 3 is 2.50 bits per heavy atom. The first-order chi connectivity index (χ1) is 13.2. The Balaban J connectivity index is 1.68. The van der Waals surface area contributed by atoms with E-state index in [9.17, 15) is 5.11 Å². The highest BCUT2D eigenvalue weighted by atomic mass is 16.5. The first-order valence-corrected chi connectivity index (χ1v) is 10.4. The minimum atomic E-state index is -0.548. The van der Waals surface area contributed by atoms with Gasteiger partial charge in [-0.05, 0) is 69.9 Å². The molecule has 1 fully saturated rings. The maximum absolute atomic E-state index is 10.2. The second-order valence-electron chi connectivity index (χ2n) is 8.79. The summed E-state index contributed by atoms with van der Waals surface area (Å²) in [5, 5.41) is 10.2. The molecule has 2 heterocycles. The number of aromatic nitrogens is 3. The number of nitrogens with zero attached hydrogens (tertiary/aromatic N) is 3. The third-order valence-corrected chi connectivity index (χ3v) is 6.14. The van der Waals surface area contributed by atoms with Crippen molar-refractivity contribution in [2.45, 2.75) is 77.7 Å². The normalized spacial score (nSPS) is 24.6. The fourth-order valence-electron chi connectivity index (χ4n) is 3.80. The number of ether oxygens (including phenoxy) is 1. The lowest BCUT2D eigenvalue weighted by Gasteiger charge is -2.33. The average molecular weight is 384 g/mol. The Bertz CT molecular complexity index is 779. The number of aliphatic hydroxyl groups is 1. The molecule has 3 rings (SSSR count). The van der Waals surface area contributed by atoms with Crippen LogP contribution in [0.5, 0.6) is 5.88 Å². The van der Waals surface area contributed by atoms with Crippen molar-refractivity contribution in [3.8, 4) is 5.88 Å². The van der Waals surface area contributed by atoms with E-state index >= 15 is 0 Å². The summed E-state index contributed by atoms with van der Waals surface area (Å²) >= 11 is 0. The summed E-state index contributed by atoms with van der Waals surface area (Å²) < 4.78 is 6.21. The molecule has 0 radical (unpaired) electrons. The Labute approximate surface area is 168 Å². The summed E-state index contributed by atoms with van der Waals surface area (Å²) in [6.07, 6.45) is 7.32. The predicted molar refractivity (Wildman–Crippen MR) is 111 cm³/mol. The molecule has 1 N–H and O–H groups in total. The van der Waals surface area contributed by atoms with Crippen molar-refractivity contribution in [1.82, 2.24) is 15.0 Å². The van der Waals surface area contributed by atoms with Crippen LogP contribution in [0, 0.1) is 19.8 Å². The van der Waals surface area contributed by atoms with E-state index in [1.807, 2.05) is 26.2 Å². The molecule has 0 bridgehead atoms. The van der Waals surface area contributed by atoms with Crippen molar-refractivity contribution in [2.24, 2.45) is 5.92 Å². The summed E-state index contributed by atoms with van der Waals surface area (Å²) in [6, 6.07) is 4.21. The zero-order valence-corrected chi connectivity index (χ0v) is 17.8. The van der Waals surface area contributed by atoms with Crippen molar-refractivity contribution in [2.75, 3.05) is 6.61 Å². The minimum absolute atomic E-state index is 0.303. The van der Waals surface area contributed by atoms with Gasteiger partial charge in [-0.25, -0.2) is 4.98 Å². The minimum Gasteiger partial charge on any atom is -0.477 e. The molecule has 152 valence electrons. The van der Waals surface area contributed by atoms with E-state index in [2.05, 4.69) is 47.9 Å². The Kier molecular flexibility index (Phi) is 6.33. The molecule has 2 aromatic heterocycles. The van der Waals surface area contributed by atoms with Gasteiger partial charge in [0.1, 0.15) is 5.82 Å². The number of pyridine rings is 1. The van der Waals surface area contributed by atoms with E-state index in [0.717, 1.165) is 42.8 Å². The van der Waals surface area contributed by atoms with Crippen LogP contribution in [-0.4, -0.2) is 32.3 Å². The lowest BCUT2D eigenvalue weighted by Crippen LogP contribution is -2.30. The van der Waals surface area contributed by atoms with Crippen LogP contribution in [0.4, 0.5) is 0 Å². The molecule has 2 atom stereocenters. The van der Waals surface area contributed by atoms with E-state index in [4.69, 9.17) is 4.74 Å². The van der Waals surface area contributed by atoms with Crippen molar-refractivity contribution in [1.29, 1.82) is 0 Å². The van der Waals surface area contributed by atoms with Crippen molar-refractivity contribution in [3.05, 3.63) is 47.2 Å². The molecule has 1 saturated carbocycles. The van der Waals surface area contributed by atoms with E-state index in [1.54, 1.807) is 0 Å². The Hall–Kier alpha value is -2.01. The van der Waals surface area contributed by atoms with Crippen molar-refractivity contribution < 1.29 is 9.84 Å². The highest BCUT2D eigenvalue weighted by Crippen LogP contribution is 2.40. The molecule has 28 heavy (non-hydrogen) atoms. The largest absolute Gasteiger partial charge is 0.477 e. The first-order valence-electron chi connectivity index (χ1n) is 10.4. The third kappa shape index (κ3) is 5.07. The van der Waals surface area contributed by atoms with Gasteiger partial charge in [-0.15, -0.1) is 0 Å². The van der Waals surface area contributed by atoms with Gasteiger partial charge >= 0.3 is 0 Å². The molecule has 0 unspecified atom stereocenters. The Morgan fingerprint density at radius 1 is 1.14 bits per heavy atom. The summed E-state index contributed by atoms with van der Waals surface area (Å²) in [7, 11) is 0. The average Bonchev–Trinajstić information content (AvgIpc) is 2.66. The van der Waals surface area contributed by atoms with E-state index in [0.29, 0.717) is 30.2 Å². The Morgan fingerprint density at radius 2 is 1.86 bits per heavy atom. The monoisotopic (exact) mass is 383 g/mol. The number of aryl methyl sites for hydroxylation is 2. The molecule has 1 aliphatic rings. The van der Waals surface area contributed by atoms with Gasteiger partial charge in [0.25, 0.3) is 0 Å². The molecule has 0 saturated heterocycles. The van der Waals surface area contributed by atoms with E-state index in [-0.39, 0.29) is 0 Å². The van der Waals surface area contributed by atoms with Gasteiger partial charge in [0.15, 0.2) is 0 Å². The van der Waals surface area contributed by atoms with Gasteiger partial charge in [-0.1, -0.05) is 19.9 Å². The van der Waals surface area contributed by atoms with Crippen LogP contribution in [0.15, 0.2) is 24.5 Å². The fraction of sp³-hybridized carbons (Fsp3) is 0.609. The van der Waals surface area contributed by atoms with Crippen molar-refractivity contribution in [3.63, 3.8) is 0 Å².